The number of aromatic nitrogens is 1. The van der Waals surface area contributed by atoms with Crippen molar-refractivity contribution < 1.29 is 8.81 Å². The van der Waals surface area contributed by atoms with Crippen LogP contribution >= 0.6 is 24.0 Å². The van der Waals surface area contributed by atoms with Crippen molar-refractivity contribution in [3.63, 3.8) is 0 Å². The lowest BCUT2D eigenvalue weighted by molar-refractivity contribution is 0.572. The number of nitrogens with zero attached hydrogens (tertiary/aromatic N) is 2. The number of oxazole rings is 1. The van der Waals surface area contributed by atoms with Crippen LogP contribution in [0.25, 0.3) is 11.5 Å². The topological polar surface area (TPSA) is 62.5 Å². The number of rotatable bonds is 5. The van der Waals surface area contributed by atoms with Gasteiger partial charge in [-0.05, 0) is 29.8 Å². The van der Waals surface area contributed by atoms with Gasteiger partial charge in [0.25, 0.3) is 0 Å². The molecule has 0 atom stereocenters. The summed E-state index contributed by atoms with van der Waals surface area (Å²) in [6, 6.07) is 16.2. The Morgan fingerprint density at radius 2 is 1.85 bits per heavy atom. The molecule has 26 heavy (non-hydrogen) atoms. The zero-order chi connectivity index (χ0) is 17.5. The van der Waals surface area contributed by atoms with Crippen LogP contribution in [-0.4, -0.2) is 18.0 Å². The first-order chi connectivity index (χ1) is 12.2. The molecule has 0 aliphatic carbocycles. The first-order valence-corrected chi connectivity index (χ1v) is 7.93. The smallest absolute Gasteiger partial charge is 0.226 e. The summed E-state index contributed by atoms with van der Waals surface area (Å²) in [4.78, 5) is 8.60. The zero-order valence-corrected chi connectivity index (χ0v) is 16.6. The Morgan fingerprint density at radius 1 is 1.08 bits per heavy atom. The molecule has 0 saturated heterocycles. The van der Waals surface area contributed by atoms with Crippen molar-refractivity contribution in [1.29, 1.82) is 0 Å². The van der Waals surface area contributed by atoms with Crippen LogP contribution < -0.4 is 10.6 Å². The normalized spacial score (nSPS) is 10.9. The molecule has 0 bridgehead atoms. The van der Waals surface area contributed by atoms with Gasteiger partial charge in [0.2, 0.25) is 5.89 Å². The van der Waals surface area contributed by atoms with E-state index in [1.807, 2.05) is 36.4 Å². The van der Waals surface area contributed by atoms with Gasteiger partial charge in [-0.25, -0.2) is 9.37 Å². The molecule has 0 saturated carbocycles. The first kappa shape index (κ1) is 19.9. The van der Waals surface area contributed by atoms with Crippen molar-refractivity contribution in [2.24, 2.45) is 4.99 Å². The van der Waals surface area contributed by atoms with Crippen molar-refractivity contribution in [2.75, 3.05) is 7.05 Å². The summed E-state index contributed by atoms with van der Waals surface area (Å²) < 4.78 is 18.7. The highest BCUT2D eigenvalue weighted by Crippen LogP contribution is 2.17. The highest BCUT2D eigenvalue weighted by atomic mass is 127. The maximum atomic E-state index is 13.2. The van der Waals surface area contributed by atoms with Gasteiger partial charge in [-0.2, -0.15) is 0 Å². The van der Waals surface area contributed by atoms with Gasteiger partial charge in [-0.15, -0.1) is 24.0 Å². The lowest BCUT2D eigenvalue weighted by atomic mass is 10.2. The molecule has 2 aromatic carbocycles. The Labute approximate surface area is 168 Å². The minimum atomic E-state index is -0.252. The van der Waals surface area contributed by atoms with E-state index in [0.29, 0.717) is 24.9 Å². The third-order valence-corrected chi connectivity index (χ3v) is 3.58. The molecule has 7 heteroatoms. The molecule has 136 valence electrons. The molecule has 0 amide bonds. The average molecular weight is 466 g/mol. The van der Waals surface area contributed by atoms with Crippen LogP contribution in [0, 0.1) is 5.82 Å². The van der Waals surface area contributed by atoms with Crippen LogP contribution in [-0.2, 0) is 13.1 Å². The van der Waals surface area contributed by atoms with E-state index in [9.17, 15) is 4.39 Å². The zero-order valence-electron chi connectivity index (χ0n) is 14.3. The number of guanidine groups is 1. The number of benzene rings is 2. The van der Waals surface area contributed by atoms with E-state index in [2.05, 4.69) is 20.6 Å². The van der Waals surface area contributed by atoms with Crippen molar-refractivity contribution in [2.45, 2.75) is 13.1 Å². The molecule has 2 N–H and O–H groups in total. The molecule has 1 heterocycles. The van der Waals surface area contributed by atoms with E-state index < -0.39 is 0 Å². The van der Waals surface area contributed by atoms with Crippen LogP contribution in [0.1, 0.15) is 11.3 Å². The third-order valence-electron chi connectivity index (χ3n) is 3.58. The molecular formula is C19H20FIN4O. The van der Waals surface area contributed by atoms with Gasteiger partial charge in [-0.1, -0.05) is 30.3 Å². The van der Waals surface area contributed by atoms with Crippen LogP contribution in [0.4, 0.5) is 4.39 Å². The Kier molecular flexibility index (Phi) is 7.58. The van der Waals surface area contributed by atoms with Crippen molar-refractivity contribution in [3.8, 4) is 11.5 Å². The van der Waals surface area contributed by atoms with Crippen molar-refractivity contribution in [3.05, 3.63) is 77.9 Å². The van der Waals surface area contributed by atoms with E-state index in [-0.39, 0.29) is 29.8 Å². The van der Waals surface area contributed by atoms with Gasteiger partial charge < -0.3 is 15.1 Å². The molecule has 0 unspecified atom stereocenters. The minimum Gasteiger partial charge on any atom is -0.444 e. The first-order valence-electron chi connectivity index (χ1n) is 7.93. The largest absolute Gasteiger partial charge is 0.444 e. The van der Waals surface area contributed by atoms with Crippen LogP contribution in [0.2, 0.25) is 0 Å². The summed E-state index contributed by atoms with van der Waals surface area (Å²) in [5.41, 5.74) is 2.55. The Balaban J connectivity index is 0.00000243. The molecular weight excluding hydrogens is 446 g/mol. The molecule has 0 radical (unpaired) electrons. The fraction of sp³-hybridized carbons (Fsp3) is 0.158. The summed E-state index contributed by atoms with van der Waals surface area (Å²) in [5.74, 6) is 0.937. The van der Waals surface area contributed by atoms with E-state index in [4.69, 9.17) is 4.42 Å². The summed E-state index contributed by atoms with van der Waals surface area (Å²) in [6.45, 7) is 0.949. The maximum absolute atomic E-state index is 13.2. The second kappa shape index (κ2) is 9.91. The fourth-order valence-corrected chi connectivity index (χ4v) is 2.33. The van der Waals surface area contributed by atoms with Gasteiger partial charge in [0, 0.05) is 19.2 Å². The molecule has 0 aliphatic heterocycles. The van der Waals surface area contributed by atoms with Crippen molar-refractivity contribution >= 4 is 29.9 Å². The van der Waals surface area contributed by atoms with E-state index >= 15 is 0 Å². The predicted octanol–water partition coefficient (Wildman–Crippen LogP) is 3.96. The predicted molar refractivity (Wildman–Crippen MR) is 111 cm³/mol. The average Bonchev–Trinajstić information content (AvgIpc) is 3.12. The summed E-state index contributed by atoms with van der Waals surface area (Å²) in [5, 5.41) is 6.29. The minimum absolute atomic E-state index is 0. The van der Waals surface area contributed by atoms with Crippen LogP contribution in [0.5, 0.6) is 0 Å². The van der Waals surface area contributed by atoms with E-state index in [1.54, 1.807) is 19.4 Å². The lowest BCUT2D eigenvalue weighted by Gasteiger charge is -2.10. The van der Waals surface area contributed by atoms with Gasteiger partial charge in [0.15, 0.2) is 5.96 Å². The van der Waals surface area contributed by atoms with Crippen LogP contribution in [0.3, 0.4) is 0 Å². The molecule has 0 fully saturated rings. The highest BCUT2D eigenvalue weighted by molar-refractivity contribution is 14.0. The second-order valence-corrected chi connectivity index (χ2v) is 5.42. The summed E-state index contributed by atoms with van der Waals surface area (Å²) in [7, 11) is 1.68. The maximum Gasteiger partial charge on any atom is 0.226 e. The highest BCUT2D eigenvalue weighted by Gasteiger charge is 2.07. The lowest BCUT2D eigenvalue weighted by Crippen LogP contribution is -2.36. The molecule has 0 spiro atoms. The number of nitrogens with one attached hydrogen (secondary N) is 2. The van der Waals surface area contributed by atoms with Gasteiger partial charge in [-0.3, -0.25) is 4.99 Å². The van der Waals surface area contributed by atoms with Crippen molar-refractivity contribution in [1.82, 2.24) is 15.6 Å². The third kappa shape index (κ3) is 5.55. The van der Waals surface area contributed by atoms with Gasteiger partial charge in [0.05, 0.1) is 12.2 Å². The molecule has 0 aliphatic rings. The fourth-order valence-electron chi connectivity index (χ4n) is 2.33. The Morgan fingerprint density at radius 3 is 2.58 bits per heavy atom. The Bertz CT molecular complexity index is 852. The molecule has 1 aromatic heterocycles. The standard InChI is InChI=1S/C19H19FN4O.HI/c1-21-19(22-11-14-6-5-9-16(20)10-14)23-12-17-13-25-18(24-17)15-7-3-2-4-8-15;/h2-10,13H,11-12H2,1H3,(H2,21,22,23);1H. The molecule has 3 rings (SSSR count). The summed E-state index contributed by atoms with van der Waals surface area (Å²) in [6.07, 6.45) is 1.62. The number of hydrogen-bond acceptors (Lipinski definition) is 3. The summed E-state index contributed by atoms with van der Waals surface area (Å²) >= 11 is 0. The Hall–Kier alpha value is -2.42. The number of hydrogen-bond donors (Lipinski definition) is 2. The van der Waals surface area contributed by atoms with Gasteiger partial charge in [0.1, 0.15) is 12.1 Å². The van der Waals surface area contributed by atoms with Gasteiger partial charge >= 0.3 is 0 Å². The molecule has 3 aromatic rings. The van der Waals surface area contributed by atoms with E-state index in [0.717, 1.165) is 16.8 Å². The monoisotopic (exact) mass is 466 g/mol. The second-order valence-electron chi connectivity index (χ2n) is 5.42. The SMILES string of the molecule is CN=C(NCc1cccc(F)c1)NCc1coc(-c2ccccc2)n1.I. The molecule has 5 nitrogen and oxygen atoms in total. The quantitative estimate of drug-likeness (QED) is 0.340. The van der Waals surface area contributed by atoms with E-state index in [1.165, 1.54) is 12.1 Å². The number of aliphatic imine (C=N–C) groups is 1. The number of halogens is 2. The van der Waals surface area contributed by atoms with Crippen LogP contribution in [0.15, 0.2) is 70.3 Å².